The summed E-state index contributed by atoms with van der Waals surface area (Å²) in [6.07, 6.45) is 2.37. The van der Waals surface area contributed by atoms with E-state index >= 15 is 0 Å². The quantitative estimate of drug-likeness (QED) is 0.927. The molecule has 18 heavy (non-hydrogen) atoms. The van der Waals surface area contributed by atoms with Crippen molar-refractivity contribution >= 4 is 34.8 Å². The van der Waals surface area contributed by atoms with Gasteiger partial charge in [0.2, 0.25) is 5.91 Å². The van der Waals surface area contributed by atoms with Crippen LogP contribution in [0.25, 0.3) is 0 Å². The van der Waals surface area contributed by atoms with Crippen molar-refractivity contribution in [2.75, 3.05) is 11.4 Å². The van der Waals surface area contributed by atoms with Crippen molar-refractivity contribution in [3.8, 4) is 0 Å². The van der Waals surface area contributed by atoms with Gasteiger partial charge < -0.3 is 10.6 Å². The number of nitrogens with two attached hydrogens (primary N) is 1. The molecule has 0 aromatic heterocycles. The summed E-state index contributed by atoms with van der Waals surface area (Å²) in [5.74, 6) is -0.293. The number of benzene rings is 1. The van der Waals surface area contributed by atoms with Crippen molar-refractivity contribution in [3.05, 3.63) is 28.2 Å². The summed E-state index contributed by atoms with van der Waals surface area (Å²) in [5.41, 5.74) is 5.77. The van der Waals surface area contributed by atoms with E-state index in [-0.39, 0.29) is 5.91 Å². The third-order valence-corrected chi connectivity index (χ3v) is 4.56. The fourth-order valence-electron chi connectivity index (χ4n) is 2.73. The normalized spacial score (nSPS) is 23.4. The van der Waals surface area contributed by atoms with E-state index in [9.17, 15) is 4.79 Å². The number of carbonyl (C=O) groups excluding carboxylic acids is 1. The van der Waals surface area contributed by atoms with Crippen LogP contribution in [-0.2, 0) is 4.79 Å². The zero-order valence-electron chi connectivity index (χ0n) is 10.2. The van der Waals surface area contributed by atoms with Crippen molar-refractivity contribution in [1.82, 2.24) is 0 Å². The number of rotatable bonds is 3. The number of hydrogen-bond donors (Lipinski definition) is 1. The number of amides is 1. The maximum atomic E-state index is 11.8. The van der Waals surface area contributed by atoms with Gasteiger partial charge in [0, 0.05) is 6.54 Å². The van der Waals surface area contributed by atoms with Crippen LogP contribution < -0.4 is 10.6 Å². The lowest BCUT2D eigenvalue weighted by Gasteiger charge is -2.37. The average Bonchev–Trinajstić information content (AvgIpc) is 2.77. The van der Waals surface area contributed by atoms with Gasteiger partial charge in [-0.25, -0.2) is 0 Å². The molecule has 0 spiro atoms. The van der Waals surface area contributed by atoms with Gasteiger partial charge >= 0.3 is 0 Å². The third-order valence-electron chi connectivity index (χ3n) is 3.75. The SMILES string of the molecule is CC[C@]1(C(N)=O)CCCN1c1cccc(Cl)c1Cl. The van der Waals surface area contributed by atoms with Gasteiger partial charge in [0.15, 0.2) is 0 Å². The van der Waals surface area contributed by atoms with Gasteiger partial charge in [0.1, 0.15) is 5.54 Å². The summed E-state index contributed by atoms with van der Waals surface area (Å²) in [6, 6.07) is 5.46. The molecule has 1 aliphatic heterocycles. The van der Waals surface area contributed by atoms with Crippen LogP contribution in [0.3, 0.4) is 0 Å². The van der Waals surface area contributed by atoms with Crippen molar-refractivity contribution in [1.29, 1.82) is 0 Å². The molecule has 5 heteroatoms. The highest BCUT2D eigenvalue weighted by Gasteiger charge is 2.45. The van der Waals surface area contributed by atoms with Crippen LogP contribution in [0.15, 0.2) is 18.2 Å². The zero-order valence-corrected chi connectivity index (χ0v) is 11.8. The fraction of sp³-hybridized carbons (Fsp3) is 0.462. The summed E-state index contributed by atoms with van der Waals surface area (Å²) in [5, 5.41) is 0.982. The Hall–Kier alpha value is -0.930. The second-order valence-corrected chi connectivity index (χ2v) is 5.36. The van der Waals surface area contributed by atoms with E-state index in [1.54, 1.807) is 6.07 Å². The Labute approximate surface area is 117 Å². The van der Waals surface area contributed by atoms with Crippen LogP contribution >= 0.6 is 23.2 Å². The molecule has 1 aromatic rings. The molecule has 0 bridgehead atoms. The summed E-state index contributed by atoms with van der Waals surface area (Å²) < 4.78 is 0. The lowest BCUT2D eigenvalue weighted by molar-refractivity contribution is -0.123. The predicted octanol–water partition coefficient (Wildman–Crippen LogP) is 3.23. The highest BCUT2D eigenvalue weighted by atomic mass is 35.5. The minimum absolute atomic E-state index is 0.293. The van der Waals surface area contributed by atoms with Crippen LogP contribution in [0.5, 0.6) is 0 Å². The first kappa shape index (κ1) is 13.5. The average molecular weight is 287 g/mol. The molecule has 1 heterocycles. The van der Waals surface area contributed by atoms with Crippen LogP contribution in [0.1, 0.15) is 26.2 Å². The van der Waals surface area contributed by atoms with Crippen LogP contribution in [-0.4, -0.2) is 18.0 Å². The molecule has 0 saturated carbocycles. The van der Waals surface area contributed by atoms with Gasteiger partial charge in [0.25, 0.3) is 0 Å². The van der Waals surface area contributed by atoms with E-state index in [2.05, 4.69) is 0 Å². The first-order chi connectivity index (χ1) is 8.53. The lowest BCUT2D eigenvalue weighted by atomic mass is 9.91. The number of carbonyl (C=O) groups is 1. The van der Waals surface area contributed by atoms with Gasteiger partial charge in [0.05, 0.1) is 15.7 Å². The largest absolute Gasteiger partial charge is 0.368 e. The minimum atomic E-state index is -0.631. The number of anilines is 1. The topological polar surface area (TPSA) is 46.3 Å². The van der Waals surface area contributed by atoms with Gasteiger partial charge in [-0.1, -0.05) is 36.2 Å². The van der Waals surface area contributed by atoms with Crippen molar-refractivity contribution in [2.24, 2.45) is 5.73 Å². The summed E-state index contributed by atoms with van der Waals surface area (Å²) >= 11 is 12.3. The Morgan fingerprint density at radius 2 is 2.22 bits per heavy atom. The van der Waals surface area contributed by atoms with E-state index in [0.29, 0.717) is 16.5 Å². The van der Waals surface area contributed by atoms with Crippen molar-refractivity contribution < 1.29 is 4.79 Å². The summed E-state index contributed by atoms with van der Waals surface area (Å²) in [4.78, 5) is 13.8. The monoisotopic (exact) mass is 286 g/mol. The van der Waals surface area contributed by atoms with Crippen molar-refractivity contribution in [3.63, 3.8) is 0 Å². The minimum Gasteiger partial charge on any atom is -0.368 e. The van der Waals surface area contributed by atoms with Gasteiger partial charge in [-0.2, -0.15) is 0 Å². The molecule has 0 aliphatic carbocycles. The fourth-order valence-corrected chi connectivity index (χ4v) is 3.13. The Morgan fingerprint density at radius 1 is 1.50 bits per heavy atom. The molecule has 98 valence electrons. The maximum absolute atomic E-state index is 11.8. The molecule has 1 atom stereocenters. The Bertz CT molecular complexity index is 478. The lowest BCUT2D eigenvalue weighted by Crippen LogP contribution is -2.53. The number of hydrogen-bond acceptors (Lipinski definition) is 2. The first-order valence-corrected chi connectivity index (χ1v) is 6.80. The molecule has 1 aromatic carbocycles. The van der Waals surface area contributed by atoms with Crippen LogP contribution in [0.4, 0.5) is 5.69 Å². The first-order valence-electron chi connectivity index (χ1n) is 6.04. The molecule has 1 fully saturated rings. The summed E-state index contributed by atoms with van der Waals surface area (Å²) in [7, 11) is 0. The highest BCUT2D eigenvalue weighted by molar-refractivity contribution is 6.43. The smallest absolute Gasteiger partial charge is 0.243 e. The van der Waals surface area contributed by atoms with Crippen LogP contribution in [0, 0.1) is 0 Å². The molecular formula is C13H16Cl2N2O. The second-order valence-electron chi connectivity index (χ2n) is 4.58. The second kappa shape index (κ2) is 4.98. The highest BCUT2D eigenvalue weighted by Crippen LogP contribution is 2.41. The van der Waals surface area contributed by atoms with Crippen molar-refractivity contribution in [2.45, 2.75) is 31.7 Å². The summed E-state index contributed by atoms with van der Waals surface area (Å²) in [6.45, 7) is 2.75. The molecular weight excluding hydrogens is 271 g/mol. The number of halogens is 2. The van der Waals surface area contributed by atoms with Gasteiger partial charge in [-0.05, 0) is 31.4 Å². The van der Waals surface area contributed by atoms with E-state index in [4.69, 9.17) is 28.9 Å². The maximum Gasteiger partial charge on any atom is 0.243 e. The molecule has 0 unspecified atom stereocenters. The molecule has 0 radical (unpaired) electrons. The standard InChI is InChI=1S/C13H16Cl2N2O/c1-2-13(12(16)18)7-4-8-17(13)10-6-3-5-9(14)11(10)15/h3,5-6H,2,4,7-8H2,1H3,(H2,16,18)/t13-/m1/s1. The molecule has 2 rings (SSSR count). The van der Waals surface area contributed by atoms with Gasteiger partial charge in [-0.3, -0.25) is 4.79 Å². The van der Waals surface area contributed by atoms with E-state index in [1.165, 1.54) is 0 Å². The Morgan fingerprint density at radius 3 is 2.83 bits per heavy atom. The molecule has 1 amide bonds. The Kier molecular flexibility index (Phi) is 3.74. The van der Waals surface area contributed by atoms with E-state index in [0.717, 1.165) is 25.1 Å². The predicted molar refractivity (Wildman–Crippen MR) is 75.3 cm³/mol. The zero-order chi connectivity index (χ0) is 13.3. The number of nitrogens with zero attached hydrogens (tertiary/aromatic N) is 1. The van der Waals surface area contributed by atoms with Crippen LogP contribution in [0.2, 0.25) is 10.0 Å². The molecule has 1 saturated heterocycles. The van der Waals surface area contributed by atoms with Gasteiger partial charge in [-0.15, -0.1) is 0 Å². The molecule has 3 nitrogen and oxygen atoms in total. The molecule has 2 N–H and O–H groups in total. The number of primary amides is 1. The van der Waals surface area contributed by atoms with E-state index < -0.39 is 5.54 Å². The molecule has 1 aliphatic rings. The Balaban J connectivity index is 2.49. The van der Waals surface area contributed by atoms with E-state index in [1.807, 2.05) is 24.0 Å². The third kappa shape index (κ3) is 1.95.